The van der Waals surface area contributed by atoms with Crippen LogP contribution in [0.2, 0.25) is 0 Å². The van der Waals surface area contributed by atoms with Gasteiger partial charge in [0, 0.05) is 0 Å². The molecule has 2 N–H and O–H groups in total. The topological polar surface area (TPSA) is 74.6 Å². The molecule has 2 atom stereocenters. The van der Waals surface area contributed by atoms with Gasteiger partial charge in [-0.15, -0.1) is 0 Å². The summed E-state index contributed by atoms with van der Waals surface area (Å²) in [6, 6.07) is 0. The second kappa shape index (κ2) is 16.1. The Bertz CT molecular complexity index is 379. The minimum Gasteiger partial charge on any atom is -0.393 e. The van der Waals surface area contributed by atoms with Crippen molar-refractivity contribution in [2.45, 2.75) is 128 Å². The summed E-state index contributed by atoms with van der Waals surface area (Å²) in [5.74, 6) is 0. The van der Waals surface area contributed by atoms with E-state index in [-0.39, 0.29) is 6.10 Å². The van der Waals surface area contributed by atoms with Gasteiger partial charge in [0.1, 0.15) is 0 Å². The minimum absolute atomic E-state index is 0.153. The monoisotopic (exact) mass is 378 g/mol. The van der Waals surface area contributed by atoms with Crippen LogP contribution in [0, 0.1) is 0 Å². The highest BCUT2D eigenvalue weighted by molar-refractivity contribution is 7.86. The molecule has 0 saturated heterocycles. The van der Waals surface area contributed by atoms with E-state index in [4.69, 9.17) is 0 Å². The van der Waals surface area contributed by atoms with Crippen molar-refractivity contribution >= 4 is 10.1 Å². The van der Waals surface area contributed by atoms with E-state index in [1.54, 1.807) is 0 Å². The van der Waals surface area contributed by atoms with Crippen molar-refractivity contribution in [3.05, 3.63) is 0 Å². The van der Waals surface area contributed by atoms with Crippen LogP contribution in [0.5, 0.6) is 0 Å². The zero-order valence-electron chi connectivity index (χ0n) is 16.6. The largest absolute Gasteiger partial charge is 0.393 e. The summed E-state index contributed by atoms with van der Waals surface area (Å²) < 4.78 is 32.0. The molecular formula is C20H42O4S. The van der Waals surface area contributed by atoms with Gasteiger partial charge >= 0.3 is 0 Å². The fourth-order valence-electron chi connectivity index (χ4n) is 3.28. The van der Waals surface area contributed by atoms with Crippen LogP contribution in [-0.2, 0) is 10.1 Å². The SMILES string of the molecule is CCCCC(CCCCCCCCCCCCCC(C)O)S(=O)(=O)O. The molecule has 4 nitrogen and oxygen atoms in total. The number of hydrogen-bond donors (Lipinski definition) is 2. The molecule has 0 fully saturated rings. The highest BCUT2D eigenvalue weighted by atomic mass is 32.2. The maximum Gasteiger partial charge on any atom is 0.267 e. The molecule has 0 amide bonds. The molecule has 0 radical (unpaired) electrons. The van der Waals surface area contributed by atoms with Gasteiger partial charge in [-0.05, 0) is 26.2 Å². The Balaban J connectivity index is 3.42. The first-order valence-electron chi connectivity index (χ1n) is 10.5. The third kappa shape index (κ3) is 17.1. The number of aliphatic hydroxyl groups excluding tert-OH is 1. The lowest BCUT2D eigenvalue weighted by molar-refractivity contribution is 0.180. The molecule has 0 aliphatic heterocycles. The van der Waals surface area contributed by atoms with E-state index in [1.165, 1.54) is 51.4 Å². The van der Waals surface area contributed by atoms with Crippen LogP contribution < -0.4 is 0 Å². The first kappa shape index (κ1) is 24.9. The van der Waals surface area contributed by atoms with Crippen LogP contribution in [-0.4, -0.2) is 29.4 Å². The standard InChI is InChI=1S/C20H42O4S/c1-3-4-17-20(25(22,23)24)18-15-13-11-9-7-5-6-8-10-12-14-16-19(2)21/h19-21H,3-18H2,1-2H3,(H,22,23,24). The Hall–Kier alpha value is -0.130. The number of rotatable bonds is 18. The van der Waals surface area contributed by atoms with Gasteiger partial charge in [-0.25, -0.2) is 0 Å². The average Bonchev–Trinajstić information content (AvgIpc) is 2.53. The molecule has 152 valence electrons. The Morgan fingerprint density at radius 2 is 1.04 bits per heavy atom. The van der Waals surface area contributed by atoms with Crippen molar-refractivity contribution in [3.8, 4) is 0 Å². The molecule has 0 aromatic carbocycles. The molecule has 0 aromatic rings. The summed E-state index contributed by atoms with van der Waals surface area (Å²) in [5.41, 5.74) is 0. The van der Waals surface area contributed by atoms with Crippen LogP contribution in [0.3, 0.4) is 0 Å². The smallest absolute Gasteiger partial charge is 0.267 e. The van der Waals surface area contributed by atoms with Crippen LogP contribution in [0.4, 0.5) is 0 Å². The summed E-state index contributed by atoms with van der Waals surface area (Å²) in [4.78, 5) is 0. The van der Waals surface area contributed by atoms with Gasteiger partial charge in [0.2, 0.25) is 0 Å². The summed E-state index contributed by atoms with van der Waals surface area (Å²) in [6.07, 6.45) is 17.0. The average molecular weight is 379 g/mol. The third-order valence-electron chi connectivity index (χ3n) is 4.95. The summed E-state index contributed by atoms with van der Waals surface area (Å²) in [7, 11) is -3.87. The highest BCUT2D eigenvalue weighted by Crippen LogP contribution is 2.18. The van der Waals surface area contributed by atoms with Gasteiger partial charge in [-0.2, -0.15) is 8.42 Å². The van der Waals surface area contributed by atoms with E-state index in [2.05, 4.69) is 0 Å². The van der Waals surface area contributed by atoms with Crippen molar-refractivity contribution in [2.24, 2.45) is 0 Å². The van der Waals surface area contributed by atoms with Crippen LogP contribution in [0.25, 0.3) is 0 Å². The predicted molar refractivity (Wildman–Crippen MR) is 107 cm³/mol. The van der Waals surface area contributed by atoms with E-state index < -0.39 is 15.4 Å². The zero-order valence-corrected chi connectivity index (χ0v) is 17.4. The van der Waals surface area contributed by atoms with Crippen molar-refractivity contribution in [3.63, 3.8) is 0 Å². The molecule has 0 saturated carbocycles. The van der Waals surface area contributed by atoms with Crippen molar-refractivity contribution in [2.75, 3.05) is 0 Å². The molecule has 0 aliphatic rings. The Morgan fingerprint density at radius 3 is 1.40 bits per heavy atom. The fourth-order valence-corrected chi connectivity index (χ4v) is 4.21. The van der Waals surface area contributed by atoms with Gasteiger partial charge in [0.25, 0.3) is 10.1 Å². The maximum atomic E-state index is 11.3. The first-order chi connectivity index (χ1) is 11.9. The molecule has 5 heteroatoms. The zero-order chi connectivity index (χ0) is 19.0. The molecule has 25 heavy (non-hydrogen) atoms. The lowest BCUT2D eigenvalue weighted by Gasteiger charge is -2.13. The van der Waals surface area contributed by atoms with Crippen LogP contribution in [0.1, 0.15) is 117 Å². The molecule has 0 aromatic heterocycles. The number of unbranched alkanes of at least 4 members (excludes halogenated alkanes) is 11. The molecule has 0 rings (SSSR count). The Labute approximate surface area is 156 Å². The molecule has 0 spiro atoms. The van der Waals surface area contributed by atoms with E-state index in [0.717, 1.165) is 38.5 Å². The van der Waals surface area contributed by atoms with Crippen LogP contribution in [0.15, 0.2) is 0 Å². The Morgan fingerprint density at radius 1 is 0.680 bits per heavy atom. The molecule has 2 unspecified atom stereocenters. The normalized spacial score (nSPS) is 14.6. The first-order valence-corrected chi connectivity index (χ1v) is 12.0. The third-order valence-corrected chi connectivity index (χ3v) is 6.26. The van der Waals surface area contributed by atoms with Crippen molar-refractivity contribution in [1.29, 1.82) is 0 Å². The lowest BCUT2D eigenvalue weighted by Crippen LogP contribution is -2.20. The van der Waals surface area contributed by atoms with Crippen molar-refractivity contribution < 1.29 is 18.1 Å². The summed E-state index contributed by atoms with van der Waals surface area (Å²) in [5, 5.41) is 8.63. The maximum absolute atomic E-state index is 11.3. The highest BCUT2D eigenvalue weighted by Gasteiger charge is 2.21. The van der Waals surface area contributed by atoms with E-state index >= 15 is 0 Å². The quantitative estimate of drug-likeness (QED) is 0.230. The van der Waals surface area contributed by atoms with Gasteiger partial charge in [-0.1, -0.05) is 90.4 Å². The van der Waals surface area contributed by atoms with Gasteiger partial charge in [-0.3, -0.25) is 4.55 Å². The van der Waals surface area contributed by atoms with Gasteiger partial charge in [0.05, 0.1) is 11.4 Å². The van der Waals surface area contributed by atoms with Crippen LogP contribution >= 0.6 is 0 Å². The lowest BCUT2D eigenvalue weighted by atomic mass is 10.0. The number of hydrogen-bond acceptors (Lipinski definition) is 3. The molecule has 0 heterocycles. The van der Waals surface area contributed by atoms with E-state index in [0.29, 0.717) is 12.8 Å². The fraction of sp³-hybridized carbons (Fsp3) is 1.00. The van der Waals surface area contributed by atoms with E-state index in [9.17, 15) is 18.1 Å². The summed E-state index contributed by atoms with van der Waals surface area (Å²) >= 11 is 0. The second-order valence-electron chi connectivity index (χ2n) is 7.59. The molecule has 0 aliphatic carbocycles. The van der Waals surface area contributed by atoms with Crippen molar-refractivity contribution in [1.82, 2.24) is 0 Å². The molecule has 0 bridgehead atoms. The van der Waals surface area contributed by atoms with Gasteiger partial charge < -0.3 is 5.11 Å². The predicted octanol–water partition coefficient (Wildman–Crippen LogP) is 5.89. The number of aliphatic hydroxyl groups is 1. The second-order valence-corrected chi connectivity index (χ2v) is 9.29. The van der Waals surface area contributed by atoms with Gasteiger partial charge in [0.15, 0.2) is 0 Å². The van der Waals surface area contributed by atoms with E-state index in [1.807, 2.05) is 13.8 Å². The Kier molecular flexibility index (Phi) is 16.0. The minimum atomic E-state index is -3.87. The summed E-state index contributed by atoms with van der Waals surface area (Å²) in [6.45, 7) is 3.89. The molecular weight excluding hydrogens is 336 g/mol.